The number of benzene rings is 1. The van der Waals surface area contributed by atoms with E-state index in [2.05, 4.69) is 15.3 Å². The normalized spacial score (nSPS) is 13.0. The number of nitrogens with one attached hydrogen (secondary N) is 2. The van der Waals surface area contributed by atoms with Crippen molar-refractivity contribution in [3.05, 3.63) is 56.4 Å². The van der Waals surface area contributed by atoms with E-state index >= 15 is 0 Å². The summed E-state index contributed by atoms with van der Waals surface area (Å²) in [5, 5.41) is 3.61. The molecule has 1 amide bonds. The lowest BCUT2D eigenvalue weighted by molar-refractivity contribution is -0.115. The number of carbonyl (C=O) groups excluding carboxylic acids is 2. The van der Waals surface area contributed by atoms with Crippen molar-refractivity contribution in [1.82, 2.24) is 9.97 Å². The van der Waals surface area contributed by atoms with Crippen molar-refractivity contribution in [1.29, 1.82) is 0 Å². The first-order chi connectivity index (χ1) is 16.0. The number of aryl methyl sites for hydroxylation is 2. The number of thioether (sulfide) groups is 1. The first kappa shape index (κ1) is 23.5. The lowest BCUT2D eigenvalue weighted by atomic mass is 9.97. The van der Waals surface area contributed by atoms with Gasteiger partial charge in [-0.25, -0.2) is 9.78 Å². The van der Waals surface area contributed by atoms with E-state index in [0.717, 1.165) is 35.9 Å². The molecule has 0 aliphatic heterocycles. The van der Waals surface area contributed by atoms with Crippen molar-refractivity contribution in [2.45, 2.75) is 51.2 Å². The van der Waals surface area contributed by atoms with Gasteiger partial charge >= 0.3 is 5.97 Å². The molecule has 4 rings (SSSR count). The number of H-pyrrole nitrogens is 1. The summed E-state index contributed by atoms with van der Waals surface area (Å²) in [6.45, 7) is 2.33. The van der Waals surface area contributed by atoms with E-state index in [1.54, 1.807) is 47.4 Å². The number of anilines is 1. The molecule has 3 aromatic rings. The smallest absolute Gasteiger partial charge is 0.338 e. The minimum Gasteiger partial charge on any atom is -0.462 e. The molecule has 0 saturated heterocycles. The number of ether oxygens (including phenoxy) is 1. The lowest BCUT2D eigenvalue weighted by Crippen LogP contribution is -2.14. The van der Waals surface area contributed by atoms with Gasteiger partial charge in [-0.05, 0) is 61.9 Å². The molecule has 1 aromatic carbocycles. The maximum Gasteiger partial charge on any atom is 0.338 e. The third kappa shape index (κ3) is 5.83. The summed E-state index contributed by atoms with van der Waals surface area (Å²) < 4.78 is 5.10. The summed E-state index contributed by atoms with van der Waals surface area (Å²) in [4.78, 5) is 46.4. The lowest BCUT2D eigenvalue weighted by Gasteiger charge is -2.09. The average Bonchev–Trinajstić information content (AvgIpc) is 3.19. The minimum absolute atomic E-state index is 0.0465. The molecule has 2 heterocycles. The monoisotopic (exact) mass is 485 g/mol. The van der Waals surface area contributed by atoms with E-state index in [1.807, 2.05) is 6.92 Å². The van der Waals surface area contributed by atoms with Crippen molar-refractivity contribution >= 4 is 50.9 Å². The van der Waals surface area contributed by atoms with E-state index in [1.165, 1.54) is 16.9 Å². The molecule has 0 saturated carbocycles. The van der Waals surface area contributed by atoms with Crippen LogP contribution in [0.5, 0.6) is 0 Å². The van der Waals surface area contributed by atoms with Gasteiger partial charge in [0.2, 0.25) is 5.91 Å². The molecule has 1 aliphatic carbocycles. The molecular weight excluding hydrogens is 458 g/mol. The van der Waals surface area contributed by atoms with Crippen LogP contribution in [0.4, 0.5) is 5.69 Å². The SMILES string of the molecule is CCCOC(=O)c1ccc(NC(=O)CCSCc2nc3sc4c(c3c(=O)[nH]2)CCCC4)cc1. The number of aromatic nitrogens is 2. The van der Waals surface area contributed by atoms with Gasteiger partial charge in [-0.1, -0.05) is 6.92 Å². The third-order valence-electron chi connectivity index (χ3n) is 5.43. The van der Waals surface area contributed by atoms with Gasteiger partial charge in [0.1, 0.15) is 10.7 Å². The Morgan fingerprint density at radius 2 is 2.00 bits per heavy atom. The molecule has 174 valence electrons. The quantitative estimate of drug-likeness (QED) is 0.337. The number of nitrogens with zero attached hydrogens (tertiary/aromatic N) is 1. The molecule has 9 heteroatoms. The fourth-order valence-electron chi connectivity index (χ4n) is 3.80. The molecule has 0 fully saturated rings. The number of carbonyl (C=O) groups is 2. The second kappa shape index (κ2) is 11.0. The van der Waals surface area contributed by atoms with E-state index in [-0.39, 0.29) is 17.4 Å². The van der Waals surface area contributed by atoms with Crippen molar-refractivity contribution in [2.75, 3.05) is 17.7 Å². The van der Waals surface area contributed by atoms with Crippen LogP contribution in [0.1, 0.15) is 59.2 Å². The summed E-state index contributed by atoms with van der Waals surface area (Å²) in [6, 6.07) is 6.67. The summed E-state index contributed by atoms with van der Waals surface area (Å²) >= 11 is 3.21. The Morgan fingerprint density at radius 3 is 2.79 bits per heavy atom. The van der Waals surface area contributed by atoms with Crippen LogP contribution < -0.4 is 10.9 Å². The van der Waals surface area contributed by atoms with Gasteiger partial charge < -0.3 is 15.0 Å². The van der Waals surface area contributed by atoms with Crippen LogP contribution >= 0.6 is 23.1 Å². The molecule has 0 unspecified atom stereocenters. The molecule has 2 aromatic heterocycles. The minimum atomic E-state index is -0.362. The molecule has 0 atom stereocenters. The zero-order valence-electron chi connectivity index (χ0n) is 18.6. The Kier molecular flexibility index (Phi) is 7.82. The fourth-order valence-corrected chi connectivity index (χ4v) is 5.89. The van der Waals surface area contributed by atoms with Crippen LogP contribution in [-0.4, -0.2) is 34.2 Å². The third-order valence-corrected chi connectivity index (χ3v) is 7.58. The van der Waals surface area contributed by atoms with Crippen molar-refractivity contribution in [3.63, 3.8) is 0 Å². The predicted molar refractivity (Wildman–Crippen MR) is 133 cm³/mol. The highest BCUT2D eigenvalue weighted by molar-refractivity contribution is 7.98. The van der Waals surface area contributed by atoms with Gasteiger partial charge in [-0.2, -0.15) is 11.8 Å². The Balaban J connectivity index is 1.25. The Labute approximate surface area is 200 Å². The van der Waals surface area contributed by atoms with Crippen molar-refractivity contribution in [2.24, 2.45) is 0 Å². The molecule has 0 spiro atoms. The van der Waals surface area contributed by atoms with E-state index in [0.29, 0.717) is 41.6 Å². The summed E-state index contributed by atoms with van der Waals surface area (Å²) in [7, 11) is 0. The van der Waals surface area contributed by atoms with Crippen LogP contribution in [0.3, 0.4) is 0 Å². The predicted octanol–water partition coefficient (Wildman–Crippen LogP) is 4.69. The number of aromatic amines is 1. The molecule has 1 aliphatic rings. The van der Waals surface area contributed by atoms with Gasteiger partial charge in [0.05, 0.1) is 23.3 Å². The van der Waals surface area contributed by atoms with Gasteiger partial charge in [0, 0.05) is 22.7 Å². The van der Waals surface area contributed by atoms with Crippen LogP contribution in [0, 0.1) is 0 Å². The Hall–Kier alpha value is -2.65. The van der Waals surface area contributed by atoms with Crippen molar-refractivity contribution in [3.8, 4) is 0 Å². The zero-order valence-corrected chi connectivity index (χ0v) is 20.2. The Morgan fingerprint density at radius 1 is 1.21 bits per heavy atom. The van der Waals surface area contributed by atoms with Crippen LogP contribution in [0.25, 0.3) is 10.2 Å². The maximum absolute atomic E-state index is 12.6. The molecule has 2 N–H and O–H groups in total. The fraction of sp³-hybridized carbons (Fsp3) is 0.417. The highest BCUT2D eigenvalue weighted by atomic mass is 32.2. The van der Waals surface area contributed by atoms with Gasteiger partial charge in [0.15, 0.2) is 0 Å². The first-order valence-corrected chi connectivity index (χ1v) is 13.2. The standard InChI is InChI=1S/C24H27N3O4S2/c1-2-12-31-24(30)15-7-9-16(10-8-15)25-20(28)11-13-32-14-19-26-22(29)21-17-5-3-4-6-18(17)33-23(21)27-19/h7-10H,2-6,11-14H2,1H3,(H,25,28)(H,26,27,29). The number of hydrogen-bond acceptors (Lipinski definition) is 7. The first-order valence-electron chi connectivity index (χ1n) is 11.2. The second-order valence-electron chi connectivity index (χ2n) is 7.97. The molecule has 0 radical (unpaired) electrons. The van der Waals surface area contributed by atoms with Crippen LogP contribution in [0.2, 0.25) is 0 Å². The van der Waals surface area contributed by atoms with Gasteiger partial charge in [0.25, 0.3) is 5.56 Å². The van der Waals surface area contributed by atoms with E-state index in [4.69, 9.17) is 4.74 Å². The summed E-state index contributed by atoms with van der Waals surface area (Å²) in [5.41, 5.74) is 2.24. The highest BCUT2D eigenvalue weighted by Gasteiger charge is 2.19. The number of rotatable bonds is 9. The molecule has 7 nitrogen and oxygen atoms in total. The van der Waals surface area contributed by atoms with Crippen LogP contribution in [-0.2, 0) is 28.1 Å². The number of fused-ring (bicyclic) bond motifs is 3. The highest BCUT2D eigenvalue weighted by Crippen LogP contribution is 2.33. The van der Waals surface area contributed by atoms with Crippen molar-refractivity contribution < 1.29 is 14.3 Å². The molecule has 0 bridgehead atoms. The topological polar surface area (TPSA) is 101 Å². The summed E-state index contributed by atoms with van der Waals surface area (Å²) in [6.07, 6.45) is 5.43. The number of thiophene rings is 1. The largest absolute Gasteiger partial charge is 0.462 e. The van der Waals surface area contributed by atoms with Gasteiger partial charge in [-0.15, -0.1) is 11.3 Å². The second-order valence-corrected chi connectivity index (χ2v) is 10.2. The van der Waals surface area contributed by atoms with E-state index in [9.17, 15) is 14.4 Å². The maximum atomic E-state index is 12.6. The zero-order chi connectivity index (χ0) is 23.2. The Bertz CT molecular complexity index is 1200. The van der Waals surface area contributed by atoms with E-state index < -0.39 is 0 Å². The van der Waals surface area contributed by atoms with Crippen LogP contribution in [0.15, 0.2) is 29.1 Å². The van der Waals surface area contributed by atoms with Gasteiger partial charge in [-0.3, -0.25) is 9.59 Å². The number of hydrogen-bond donors (Lipinski definition) is 2. The summed E-state index contributed by atoms with van der Waals surface area (Å²) in [5.74, 6) is 1.35. The molecule has 33 heavy (non-hydrogen) atoms. The number of esters is 1. The molecular formula is C24H27N3O4S2. The number of amides is 1. The average molecular weight is 486 g/mol.